The Bertz CT molecular complexity index is 954. The number of hydrogen-bond acceptors (Lipinski definition) is 5. The van der Waals surface area contributed by atoms with Crippen LogP contribution in [0.25, 0.3) is 0 Å². The average molecular weight is 427 g/mol. The van der Waals surface area contributed by atoms with Gasteiger partial charge in [0.25, 0.3) is 0 Å². The summed E-state index contributed by atoms with van der Waals surface area (Å²) in [7, 11) is 1.50. The number of halogens is 4. The van der Waals surface area contributed by atoms with Gasteiger partial charge in [0.05, 0.1) is 0 Å². The molecule has 0 unspecified atom stereocenters. The number of carbonyl (C=O) groups is 1. The monoisotopic (exact) mass is 426 g/mol. The minimum Gasteiger partial charge on any atom is -0.375 e. The number of likely N-dealkylation sites (tertiary alicyclic amines) is 1. The second-order valence-electron chi connectivity index (χ2n) is 7.23. The highest BCUT2D eigenvalue weighted by molar-refractivity contribution is 6.30. The van der Waals surface area contributed by atoms with Crippen LogP contribution in [0.5, 0.6) is 0 Å². The molecular formula is C19H18ClF3N4O2. The fraction of sp³-hybridized carbons (Fsp3) is 0.421. The lowest BCUT2D eigenvalue weighted by molar-refractivity contribution is -0.138. The van der Waals surface area contributed by atoms with E-state index in [1.807, 2.05) is 23.1 Å². The van der Waals surface area contributed by atoms with Gasteiger partial charge < -0.3 is 15.0 Å². The fourth-order valence-corrected chi connectivity index (χ4v) is 4.32. The van der Waals surface area contributed by atoms with Crippen molar-refractivity contribution in [2.24, 2.45) is 0 Å². The Labute approximate surface area is 170 Å². The molecule has 29 heavy (non-hydrogen) atoms. The summed E-state index contributed by atoms with van der Waals surface area (Å²) >= 11 is 5.66. The SMILES string of the molecule is COCC(=O)N1C[C@H]2C[C@@H](C1)c1ccc(Nc3ncc(C(F)(F)F)c(Cl)n3)cc12. The lowest BCUT2D eigenvalue weighted by Crippen LogP contribution is -2.41. The number of ether oxygens (including phenoxy) is 1. The molecular weight excluding hydrogens is 409 g/mol. The minimum absolute atomic E-state index is 0.0131. The highest BCUT2D eigenvalue weighted by Crippen LogP contribution is 2.47. The third-order valence-electron chi connectivity index (χ3n) is 5.34. The van der Waals surface area contributed by atoms with E-state index in [1.54, 1.807) is 0 Å². The molecule has 0 spiro atoms. The van der Waals surface area contributed by atoms with Crippen molar-refractivity contribution in [1.29, 1.82) is 0 Å². The van der Waals surface area contributed by atoms with Crippen molar-refractivity contribution in [3.63, 3.8) is 0 Å². The number of anilines is 2. The van der Waals surface area contributed by atoms with Crippen LogP contribution in [0, 0.1) is 0 Å². The molecule has 2 bridgehead atoms. The number of hydrogen-bond donors (Lipinski definition) is 1. The molecule has 1 aliphatic carbocycles. The van der Waals surface area contributed by atoms with Crippen LogP contribution in [0.2, 0.25) is 5.15 Å². The number of piperidine rings is 1. The summed E-state index contributed by atoms with van der Waals surface area (Å²) in [5.41, 5.74) is 1.90. The summed E-state index contributed by atoms with van der Waals surface area (Å²) in [5.74, 6) is 0.445. The molecule has 0 radical (unpaired) electrons. The van der Waals surface area contributed by atoms with Gasteiger partial charge in [-0.15, -0.1) is 0 Å². The topological polar surface area (TPSA) is 67.3 Å². The zero-order valence-electron chi connectivity index (χ0n) is 15.5. The van der Waals surface area contributed by atoms with Gasteiger partial charge >= 0.3 is 6.18 Å². The van der Waals surface area contributed by atoms with Crippen LogP contribution < -0.4 is 5.32 Å². The van der Waals surface area contributed by atoms with E-state index in [2.05, 4.69) is 15.3 Å². The van der Waals surface area contributed by atoms with E-state index in [1.165, 1.54) is 12.7 Å². The molecule has 2 atom stereocenters. The van der Waals surface area contributed by atoms with Crippen LogP contribution in [-0.2, 0) is 15.7 Å². The van der Waals surface area contributed by atoms with Crippen LogP contribution in [0.4, 0.5) is 24.8 Å². The lowest BCUT2D eigenvalue weighted by Gasteiger charge is -2.32. The summed E-state index contributed by atoms with van der Waals surface area (Å²) in [6.07, 6.45) is -2.97. The predicted molar refractivity (Wildman–Crippen MR) is 100 cm³/mol. The molecule has 1 aliphatic heterocycles. The summed E-state index contributed by atoms with van der Waals surface area (Å²) < 4.78 is 43.3. The molecule has 2 aliphatic rings. The number of nitrogens with zero attached hydrogens (tertiary/aromatic N) is 3. The normalized spacial score (nSPS) is 20.5. The van der Waals surface area contributed by atoms with E-state index in [9.17, 15) is 18.0 Å². The zero-order valence-corrected chi connectivity index (χ0v) is 16.2. The Morgan fingerprint density at radius 3 is 2.69 bits per heavy atom. The Hall–Kier alpha value is -2.39. The van der Waals surface area contributed by atoms with Gasteiger partial charge in [-0.2, -0.15) is 13.2 Å². The highest BCUT2D eigenvalue weighted by Gasteiger charge is 2.39. The molecule has 6 nitrogen and oxygen atoms in total. The van der Waals surface area contributed by atoms with Gasteiger partial charge in [-0.05, 0) is 29.7 Å². The standard InChI is InChI=1S/C19H18ClF3N4O2/c1-29-9-16(28)27-7-10-4-11(8-27)14-5-12(2-3-13(10)14)25-18-24-6-15(17(20)26-18)19(21,22)23/h2-3,5-6,10-11H,4,7-9H2,1H3,(H,24,25,26)/t10-,11+/m0/s1. The Kier molecular flexibility index (Phi) is 5.12. The van der Waals surface area contributed by atoms with Gasteiger partial charge in [-0.1, -0.05) is 17.7 Å². The van der Waals surface area contributed by atoms with E-state index >= 15 is 0 Å². The van der Waals surface area contributed by atoms with Gasteiger partial charge in [-0.25, -0.2) is 9.97 Å². The van der Waals surface area contributed by atoms with E-state index in [4.69, 9.17) is 16.3 Å². The van der Waals surface area contributed by atoms with E-state index in [0.717, 1.165) is 12.0 Å². The summed E-state index contributed by atoms with van der Waals surface area (Å²) in [6.45, 7) is 1.35. The quantitative estimate of drug-likeness (QED) is 0.750. The largest absolute Gasteiger partial charge is 0.420 e. The third kappa shape index (κ3) is 3.89. The average Bonchev–Trinajstić information content (AvgIpc) is 2.90. The van der Waals surface area contributed by atoms with Crippen molar-refractivity contribution in [2.45, 2.75) is 24.4 Å². The van der Waals surface area contributed by atoms with Gasteiger partial charge in [0.1, 0.15) is 17.3 Å². The Morgan fingerprint density at radius 2 is 2.03 bits per heavy atom. The first-order valence-corrected chi connectivity index (χ1v) is 9.41. The molecule has 1 aromatic carbocycles. The van der Waals surface area contributed by atoms with Gasteiger partial charge in [0, 0.05) is 43.9 Å². The molecule has 154 valence electrons. The van der Waals surface area contributed by atoms with Crippen LogP contribution in [0.1, 0.15) is 34.9 Å². The number of amides is 1. The maximum atomic E-state index is 12.8. The summed E-state index contributed by atoms with van der Waals surface area (Å²) in [5, 5.41) is 2.26. The van der Waals surface area contributed by atoms with Gasteiger partial charge in [0.15, 0.2) is 0 Å². The van der Waals surface area contributed by atoms with E-state index in [0.29, 0.717) is 25.0 Å². The van der Waals surface area contributed by atoms with Crippen LogP contribution in [0.15, 0.2) is 24.4 Å². The molecule has 4 rings (SSSR count). The number of rotatable bonds is 4. The van der Waals surface area contributed by atoms with E-state index in [-0.39, 0.29) is 30.3 Å². The van der Waals surface area contributed by atoms with Crippen LogP contribution in [0.3, 0.4) is 0 Å². The number of carbonyl (C=O) groups excluding carboxylic acids is 1. The smallest absolute Gasteiger partial charge is 0.375 e. The molecule has 10 heteroatoms. The minimum atomic E-state index is -4.60. The second kappa shape index (κ2) is 7.46. The van der Waals surface area contributed by atoms with Crippen molar-refractivity contribution in [2.75, 3.05) is 32.1 Å². The van der Waals surface area contributed by atoms with Crippen molar-refractivity contribution in [3.05, 3.63) is 46.2 Å². The number of aromatic nitrogens is 2. The molecule has 1 N–H and O–H groups in total. The molecule has 1 saturated heterocycles. The van der Waals surface area contributed by atoms with Crippen molar-refractivity contribution in [1.82, 2.24) is 14.9 Å². The Morgan fingerprint density at radius 1 is 1.31 bits per heavy atom. The van der Waals surface area contributed by atoms with Crippen molar-refractivity contribution >= 4 is 29.1 Å². The summed E-state index contributed by atoms with van der Waals surface area (Å²) in [6, 6.07) is 5.76. The maximum Gasteiger partial charge on any atom is 0.420 e. The number of benzene rings is 1. The summed E-state index contributed by atoms with van der Waals surface area (Å²) in [4.78, 5) is 21.4. The first-order chi connectivity index (χ1) is 13.8. The van der Waals surface area contributed by atoms with Gasteiger partial charge in [0.2, 0.25) is 11.9 Å². The maximum absolute atomic E-state index is 12.8. The number of methoxy groups -OCH3 is 1. The molecule has 0 saturated carbocycles. The Balaban J connectivity index is 1.53. The molecule has 1 amide bonds. The van der Waals surface area contributed by atoms with Crippen LogP contribution >= 0.6 is 11.6 Å². The van der Waals surface area contributed by atoms with Crippen molar-refractivity contribution in [3.8, 4) is 0 Å². The molecule has 2 aromatic rings. The zero-order chi connectivity index (χ0) is 20.8. The second-order valence-corrected chi connectivity index (χ2v) is 7.58. The highest BCUT2D eigenvalue weighted by atomic mass is 35.5. The molecule has 1 fully saturated rings. The third-order valence-corrected chi connectivity index (χ3v) is 5.63. The number of fused-ring (bicyclic) bond motifs is 5. The molecule has 1 aromatic heterocycles. The van der Waals surface area contributed by atoms with Gasteiger partial charge in [-0.3, -0.25) is 4.79 Å². The predicted octanol–water partition coefficient (Wildman–Crippen LogP) is 3.95. The van der Waals surface area contributed by atoms with E-state index < -0.39 is 16.9 Å². The number of alkyl halides is 3. The lowest BCUT2D eigenvalue weighted by atomic mass is 9.96. The van der Waals surface area contributed by atoms with Crippen LogP contribution in [-0.4, -0.2) is 47.6 Å². The first-order valence-electron chi connectivity index (χ1n) is 9.03. The fourth-order valence-electron chi connectivity index (χ4n) is 4.09. The first kappa shape index (κ1) is 19.9. The molecule has 2 heterocycles. The van der Waals surface area contributed by atoms with Crippen molar-refractivity contribution < 1.29 is 22.7 Å². The number of nitrogens with one attached hydrogen (secondary N) is 1.